The molecule has 0 saturated carbocycles. The Morgan fingerprint density at radius 2 is 2.43 bits per heavy atom. The van der Waals surface area contributed by atoms with E-state index in [4.69, 9.17) is 0 Å². The fourth-order valence-corrected chi connectivity index (χ4v) is 0.357. The average Bonchev–Trinajstić information content (AvgIpc) is 1.65. The predicted octanol–water partition coefficient (Wildman–Crippen LogP) is 1.19. The van der Waals surface area contributed by atoms with E-state index < -0.39 is 11.3 Å². The Morgan fingerprint density at radius 3 is 2.43 bits per heavy atom. The Bertz CT molecular complexity index is 74.1. The molecule has 0 amide bonds. The van der Waals surface area contributed by atoms with Crippen molar-refractivity contribution in [3.05, 3.63) is 0 Å². The minimum absolute atomic E-state index is 0.225. The van der Waals surface area contributed by atoms with Crippen molar-refractivity contribution in [1.82, 2.24) is 0 Å². The fourth-order valence-electron chi connectivity index (χ4n) is 0.175. The second-order valence-corrected chi connectivity index (χ2v) is 1.65. The van der Waals surface area contributed by atoms with Crippen molar-refractivity contribution >= 4 is 17.7 Å². The van der Waals surface area contributed by atoms with Crippen molar-refractivity contribution in [3.63, 3.8) is 0 Å². The van der Waals surface area contributed by atoms with Crippen LogP contribution in [0.3, 0.4) is 0 Å². The number of hydrogen-bond acceptors (Lipinski definition) is 1. The van der Waals surface area contributed by atoms with E-state index in [0.717, 1.165) is 0 Å². The third-order valence-electron chi connectivity index (χ3n) is 0.626. The standard InChI is InChI=1S/C4H7FOS/c1-2-3(5)4(6)7/h3H,2H2,1H3,(H,6,7). The van der Waals surface area contributed by atoms with Gasteiger partial charge in [0, 0.05) is 0 Å². The number of halogens is 1. The number of alkyl halides is 1. The Hall–Kier alpha value is -0.0500. The van der Waals surface area contributed by atoms with Crippen LogP contribution in [0, 0.1) is 0 Å². The first-order valence-electron chi connectivity index (χ1n) is 2.05. The summed E-state index contributed by atoms with van der Waals surface area (Å²) in [5, 5.41) is -0.678. The van der Waals surface area contributed by atoms with Crippen LogP contribution < -0.4 is 0 Å². The highest BCUT2D eigenvalue weighted by atomic mass is 32.1. The summed E-state index contributed by atoms with van der Waals surface area (Å²) in [5.41, 5.74) is 0. The molecule has 0 aromatic carbocycles. The van der Waals surface area contributed by atoms with E-state index in [0.29, 0.717) is 0 Å². The Morgan fingerprint density at radius 1 is 2.00 bits per heavy atom. The quantitative estimate of drug-likeness (QED) is 0.544. The number of carbonyl (C=O) groups excluding carboxylic acids is 1. The van der Waals surface area contributed by atoms with Crippen molar-refractivity contribution in [2.24, 2.45) is 0 Å². The second-order valence-electron chi connectivity index (χ2n) is 1.21. The van der Waals surface area contributed by atoms with E-state index in [1.807, 2.05) is 0 Å². The van der Waals surface area contributed by atoms with Crippen LogP contribution in [0.25, 0.3) is 0 Å². The molecule has 3 heteroatoms. The molecule has 0 bridgehead atoms. The van der Waals surface area contributed by atoms with Crippen LogP contribution in [0.15, 0.2) is 0 Å². The van der Waals surface area contributed by atoms with Crippen LogP contribution in [0.5, 0.6) is 0 Å². The first kappa shape index (κ1) is 6.95. The van der Waals surface area contributed by atoms with Crippen LogP contribution in [-0.4, -0.2) is 11.3 Å². The third kappa shape index (κ3) is 2.62. The van der Waals surface area contributed by atoms with Gasteiger partial charge < -0.3 is 0 Å². The summed E-state index contributed by atoms with van der Waals surface area (Å²) in [6, 6.07) is 0. The van der Waals surface area contributed by atoms with Gasteiger partial charge in [0.25, 0.3) is 0 Å². The first-order valence-corrected chi connectivity index (χ1v) is 2.50. The molecule has 0 rings (SSSR count). The number of rotatable bonds is 2. The van der Waals surface area contributed by atoms with Gasteiger partial charge in [-0.2, -0.15) is 0 Å². The van der Waals surface area contributed by atoms with Crippen LogP contribution in [0.1, 0.15) is 13.3 Å². The Labute approximate surface area is 47.3 Å². The summed E-state index contributed by atoms with van der Waals surface area (Å²) in [4.78, 5) is 9.86. The molecule has 42 valence electrons. The summed E-state index contributed by atoms with van der Waals surface area (Å²) >= 11 is 3.26. The van der Waals surface area contributed by atoms with Crippen LogP contribution in [0.2, 0.25) is 0 Å². The van der Waals surface area contributed by atoms with Crippen LogP contribution >= 0.6 is 12.6 Å². The van der Waals surface area contributed by atoms with Crippen molar-refractivity contribution in [2.45, 2.75) is 19.5 Å². The number of carbonyl (C=O) groups is 1. The predicted molar refractivity (Wildman–Crippen MR) is 29.2 cm³/mol. The largest absolute Gasteiger partial charge is 0.284 e. The smallest absolute Gasteiger partial charge is 0.220 e. The average molecular weight is 122 g/mol. The lowest BCUT2D eigenvalue weighted by Crippen LogP contribution is -2.05. The van der Waals surface area contributed by atoms with Gasteiger partial charge in [0.1, 0.15) is 0 Å². The zero-order chi connectivity index (χ0) is 5.86. The van der Waals surface area contributed by atoms with Crippen molar-refractivity contribution in [2.75, 3.05) is 0 Å². The molecule has 0 heterocycles. The van der Waals surface area contributed by atoms with Gasteiger partial charge in [-0.15, -0.1) is 12.6 Å². The highest BCUT2D eigenvalue weighted by Crippen LogP contribution is 1.99. The van der Waals surface area contributed by atoms with E-state index >= 15 is 0 Å². The highest BCUT2D eigenvalue weighted by molar-refractivity contribution is 7.96. The molecule has 0 fully saturated rings. The Balaban J connectivity index is 3.34. The van der Waals surface area contributed by atoms with E-state index in [1.54, 1.807) is 6.92 Å². The number of hydrogen-bond donors (Lipinski definition) is 1. The highest BCUT2D eigenvalue weighted by Gasteiger charge is 2.07. The first-order chi connectivity index (χ1) is 3.18. The normalized spacial score (nSPS) is 13.6. The minimum atomic E-state index is -1.37. The van der Waals surface area contributed by atoms with E-state index in [1.165, 1.54) is 0 Å². The van der Waals surface area contributed by atoms with Gasteiger partial charge in [0.05, 0.1) is 0 Å². The summed E-state index contributed by atoms with van der Waals surface area (Å²) < 4.78 is 11.8. The molecule has 1 unspecified atom stereocenters. The summed E-state index contributed by atoms with van der Waals surface area (Å²) in [6.45, 7) is 1.60. The molecule has 1 nitrogen and oxygen atoms in total. The molecule has 7 heavy (non-hydrogen) atoms. The molecule has 0 aliphatic rings. The SMILES string of the molecule is CCC(F)C(=O)S. The molecule has 0 saturated heterocycles. The maximum Gasteiger partial charge on any atom is 0.220 e. The second kappa shape index (κ2) is 3.02. The van der Waals surface area contributed by atoms with E-state index in [9.17, 15) is 9.18 Å². The Kier molecular flexibility index (Phi) is 3.00. The third-order valence-corrected chi connectivity index (χ3v) is 0.907. The zero-order valence-corrected chi connectivity index (χ0v) is 4.91. The fraction of sp³-hybridized carbons (Fsp3) is 0.750. The molecule has 0 spiro atoms. The molecule has 1 atom stereocenters. The lowest BCUT2D eigenvalue weighted by molar-refractivity contribution is -0.115. The minimum Gasteiger partial charge on any atom is -0.284 e. The molecular weight excluding hydrogens is 115 g/mol. The number of thiol groups is 1. The zero-order valence-electron chi connectivity index (χ0n) is 4.02. The summed E-state index contributed by atoms with van der Waals surface area (Å²) in [7, 11) is 0. The van der Waals surface area contributed by atoms with Gasteiger partial charge in [-0.1, -0.05) is 6.92 Å². The van der Waals surface area contributed by atoms with Gasteiger partial charge in [-0.05, 0) is 6.42 Å². The molecule has 0 radical (unpaired) electrons. The molecule has 0 aromatic heterocycles. The van der Waals surface area contributed by atoms with E-state index in [2.05, 4.69) is 12.6 Å². The van der Waals surface area contributed by atoms with Gasteiger partial charge >= 0.3 is 0 Å². The summed E-state index contributed by atoms with van der Waals surface area (Å²) in [5.74, 6) is 0. The van der Waals surface area contributed by atoms with Gasteiger partial charge in [-0.25, -0.2) is 4.39 Å². The van der Waals surface area contributed by atoms with Gasteiger partial charge in [-0.3, -0.25) is 4.79 Å². The maximum absolute atomic E-state index is 11.8. The molecule has 0 aliphatic carbocycles. The molecule has 0 N–H and O–H groups in total. The molecule has 0 aliphatic heterocycles. The van der Waals surface area contributed by atoms with Crippen molar-refractivity contribution in [1.29, 1.82) is 0 Å². The lowest BCUT2D eigenvalue weighted by Gasteiger charge is -1.93. The topological polar surface area (TPSA) is 17.1 Å². The maximum atomic E-state index is 11.8. The van der Waals surface area contributed by atoms with E-state index in [-0.39, 0.29) is 6.42 Å². The summed E-state index contributed by atoms with van der Waals surface area (Å²) in [6.07, 6.45) is -1.15. The van der Waals surface area contributed by atoms with Gasteiger partial charge in [0.2, 0.25) is 5.12 Å². The van der Waals surface area contributed by atoms with Crippen molar-refractivity contribution < 1.29 is 9.18 Å². The van der Waals surface area contributed by atoms with Crippen LogP contribution in [-0.2, 0) is 4.79 Å². The monoisotopic (exact) mass is 122 g/mol. The van der Waals surface area contributed by atoms with Gasteiger partial charge in [0.15, 0.2) is 6.17 Å². The van der Waals surface area contributed by atoms with Crippen LogP contribution in [0.4, 0.5) is 4.39 Å². The lowest BCUT2D eigenvalue weighted by atomic mass is 10.3. The molecule has 0 aromatic rings. The molecular formula is C4H7FOS. The van der Waals surface area contributed by atoms with Crippen molar-refractivity contribution in [3.8, 4) is 0 Å².